The molecule has 1 fully saturated rings. The molecule has 16 heavy (non-hydrogen) atoms. The van der Waals surface area contributed by atoms with Gasteiger partial charge in [0.1, 0.15) is 0 Å². The lowest BCUT2D eigenvalue weighted by molar-refractivity contribution is -0.131. The van der Waals surface area contributed by atoms with Crippen LogP contribution in [0.4, 0.5) is 0 Å². The van der Waals surface area contributed by atoms with E-state index in [1.807, 2.05) is 18.9 Å². The van der Waals surface area contributed by atoms with E-state index in [0.29, 0.717) is 19.6 Å². The van der Waals surface area contributed by atoms with Crippen LogP contribution in [0.3, 0.4) is 0 Å². The van der Waals surface area contributed by atoms with Gasteiger partial charge in [-0.1, -0.05) is 0 Å². The largest absolute Gasteiger partial charge is 0.387 e. The summed E-state index contributed by atoms with van der Waals surface area (Å²) >= 11 is 0. The molecule has 1 heterocycles. The summed E-state index contributed by atoms with van der Waals surface area (Å²) in [4.78, 5) is 15.2. The molecule has 1 saturated heterocycles. The summed E-state index contributed by atoms with van der Waals surface area (Å²) in [5, 5.41) is 13.3. The van der Waals surface area contributed by atoms with E-state index in [1.54, 1.807) is 11.9 Å². The number of hydrogen-bond donors (Lipinski definition) is 2. The van der Waals surface area contributed by atoms with E-state index in [9.17, 15) is 9.90 Å². The fourth-order valence-corrected chi connectivity index (χ4v) is 1.95. The van der Waals surface area contributed by atoms with E-state index in [-0.39, 0.29) is 5.91 Å². The Balaban J connectivity index is 2.35. The predicted molar refractivity (Wildman–Crippen MR) is 63.2 cm³/mol. The summed E-state index contributed by atoms with van der Waals surface area (Å²) in [7, 11) is 3.67. The highest BCUT2D eigenvalue weighted by Crippen LogP contribution is 2.15. The quantitative estimate of drug-likeness (QED) is 0.643. The second kappa shape index (κ2) is 5.61. The molecule has 0 aromatic rings. The van der Waals surface area contributed by atoms with E-state index in [4.69, 9.17) is 0 Å². The molecule has 1 amide bonds. The summed E-state index contributed by atoms with van der Waals surface area (Å²) in [6, 6.07) is 0. The molecule has 1 aliphatic rings. The summed E-state index contributed by atoms with van der Waals surface area (Å²) < 4.78 is 0. The molecule has 0 spiro atoms. The van der Waals surface area contributed by atoms with Gasteiger partial charge < -0.3 is 15.3 Å². The zero-order valence-electron chi connectivity index (χ0n) is 10.5. The molecular weight excluding hydrogens is 206 g/mol. The van der Waals surface area contributed by atoms with Gasteiger partial charge in [0.25, 0.3) is 0 Å². The summed E-state index contributed by atoms with van der Waals surface area (Å²) in [5.74, 6) is 0.0968. The van der Waals surface area contributed by atoms with Crippen LogP contribution in [-0.2, 0) is 4.79 Å². The number of hydrogen-bond acceptors (Lipinski definition) is 4. The van der Waals surface area contributed by atoms with E-state index in [1.165, 1.54) is 0 Å². The third-order valence-electron chi connectivity index (χ3n) is 3.09. The molecule has 0 bridgehead atoms. The zero-order valence-corrected chi connectivity index (χ0v) is 10.5. The van der Waals surface area contributed by atoms with Crippen molar-refractivity contribution in [1.82, 2.24) is 15.1 Å². The summed E-state index contributed by atoms with van der Waals surface area (Å²) in [5.41, 5.74) is -0.667. The molecule has 1 aliphatic heterocycles. The second-order valence-electron chi connectivity index (χ2n) is 4.73. The van der Waals surface area contributed by atoms with E-state index < -0.39 is 5.60 Å². The van der Waals surface area contributed by atoms with Crippen LogP contribution in [0.2, 0.25) is 0 Å². The Kier molecular flexibility index (Phi) is 4.70. The predicted octanol–water partition coefficient (Wildman–Crippen LogP) is -0.879. The van der Waals surface area contributed by atoms with Crippen molar-refractivity contribution in [2.24, 2.45) is 0 Å². The molecule has 1 atom stereocenters. The number of nitrogens with one attached hydrogen (secondary N) is 1. The van der Waals surface area contributed by atoms with Gasteiger partial charge >= 0.3 is 0 Å². The lowest BCUT2D eigenvalue weighted by Crippen LogP contribution is -2.46. The van der Waals surface area contributed by atoms with Crippen LogP contribution >= 0.6 is 0 Å². The van der Waals surface area contributed by atoms with E-state index in [0.717, 1.165) is 19.5 Å². The molecule has 5 heteroatoms. The lowest BCUT2D eigenvalue weighted by Gasteiger charge is -2.28. The van der Waals surface area contributed by atoms with Gasteiger partial charge in [0.05, 0.1) is 12.1 Å². The van der Waals surface area contributed by atoms with E-state index >= 15 is 0 Å². The first-order chi connectivity index (χ1) is 7.47. The number of carbonyl (C=O) groups excluding carboxylic acids is 1. The van der Waals surface area contributed by atoms with Crippen molar-refractivity contribution in [3.63, 3.8) is 0 Å². The third-order valence-corrected chi connectivity index (χ3v) is 3.09. The number of rotatable bonds is 5. The van der Waals surface area contributed by atoms with Crippen LogP contribution in [0.1, 0.15) is 13.3 Å². The maximum atomic E-state index is 11.6. The summed E-state index contributed by atoms with van der Waals surface area (Å²) in [6.45, 7) is 5.06. The number of aliphatic hydroxyl groups is 1. The van der Waals surface area contributed by atoms with E-state index in [2.05, 4.69) is 5.32 Å². The Labute approximate surface area is 97.4 Å². The average molecular weight is 229 g/mol. The maximum absolute atomic E-state index is 11.6. The van der Waals surface area contributed by atoms with Crippen molar-refractivity contribution in [1.29, 1.82) is 0 Å². The normalized spacial score (nSPS) is 25.1. The van der Waals surface area contributed by atoms with Crippen molar-refractivity contribution in [2.45, 2.75) is 18.9 Å². The van der Waals surface area contributed by atoms with Crippen LogP contribution in [0, 0.1) is 0 Å². The number of amides is 1. The summed E-state index contributed by atoms with van der Waals surface area (Å²) in [6.07, 6.45) is 0.759. The lowest BCUT2D eigenvalue weighted by atomic mass is 10.0. The molecule has 94 valence electrons. The van der Waals surface area contributed by atoms with Gasteiger partial charge in [-0.2, -0.15) is 0 Å². The molecule has 1 unspecified atom stereocenters. The fraction of sp³-hybridized carbons (Fsp3) is 0.909. The average Bonchev–Trinajstić information content (AvgIpc) is 2.62. The highest BCUT2D eigenvalue weighted by molar-refractivity contribution is 5.77. The SMILES string of the molecule is CCN(C)C(=O)CN(C)CC1(O)CCNC1. The Morgan fingerprint density at radius 2 is 2.19 bits per heavy atom. The molecule has 5 nitrogen and oxygen atoms in total. The molecule has 0 aromatic carbocycles. The molecule has 2 N–H and O–H groups in total. The number of carbonyl (C=O) groups is 1. The molecule has 1 rings (SSSR count). The third kappa shape index (κ3) is 3.73. The van der Waals surface area contributed by atoms with Crippen LogP contribution in [0.5, 0.6) is 0 Å². The molecule has 0 aliphatic carbocycles. The zero-order chi connectivity index (χ0) is 12.2. The highest BCUT2D eigenvalue weighted by atomic mass is 16.3. The number of β-amino-alcohol motifs (C(OH)–C–C–N with tert-alkyl or cyclic N) is 1. The first-order valence-electron chi connectivity index (χ1n) is 5.82. The van der Waals surface area contributed by atoms with Crippen molar-refractivity contribution >= 4 is 5.91 Å². The first kappa shape index (κ1) is 13.4. The minimum absolute atomic E-state index is 0.0968. The molecular formula is C11H23N3O2. The molecule has 0 saturated carbocycles. The Morgan fingerprint density at radius 1 is 1.50 bits per heavy atom. The number of likely N-dealkylation sites (N-methyl/N-ethyl adjacent to an activating group) is 2. The van der Waals surface area contributed by atoms with Crippen LogP contribution < -0.4 is 5.32 Å². The minimum atomic E-state index is -0.667. The van der Waals surface area contributed by atoms with Gasteiger partial charge in [0.2, 0.25) is 5.91 Å². The van der Waals surface area contributed by atoms with Crippen LogP contribution in [0.15, 0.2) is 0 Å². The number of nitrogens with zero attached hydrogens (tertiary/aromatic N) is 2. The van der Waals surface area contributed by atoms with Crippen molar-refractivity contribution in [3.05, 3.63) is 0 Å². The van der Waals surface area contributed by atoms with Gasteiger partial charge in [0, 0.05) is 26.7 Å². The Bertz CT molecular complexity index is 239. The Morgan fingerprint density at radius 3 is 2.69 bits per heavy atom. The van der Waals surface area contributed by atoms with Crippen LogP contribution in [0.25, 0.3) is 0 Å². The topological polar surface area (TPSA) is 55.8 Å². The fourth-order valence-electron chi connectivity index (χ4n) is 1.95. The minimum Gasteiger partial charge on any atom is -0.387 e. The van der Waals surface area contributed by atoms with Gasteiger partial charge in [-0.05, 0) is 26.9 Å². The standard InChI is InChI=1S/C11H23N3O2/c1-4-14(3)10(15)7-13(2)9-11(16)5-6-12-8-11/h12,16H,4-9H2,1-3H3. The van der Waals surface area contributed by atoms with Crippen LogP contribution in [-0.4, -0.2) is 73.2 Å². The smallest absolute Gasteiger partial charge is 0.236 e. The second-order valence-corrected chi connectivity index (χ2v) is 4.73. The molecule has 0 aromatic heterocycles. The monoisotopic (exact) mass is 229 g/mol. The maximum Gasteiger partial charge on any atom is 0.236 e. The van der Waals surface area contributed by atoms with Gasteiger partial charge in [-0.15, -0.1) is 0 Å². The van der Waals surface area contributed by atoms with Gasteiger partial charge in [-0.25, -0.2) is 0 Å². The molecule has 0 radical (unpaired) electrons. The van der Waals surface area contributed by atoms with Gasteiger partial charge in [-0.3, -0.25) is 9.69 Å². The Hall–Kier alpha value is -0.650. The highest BCUT2D eigenvalue weighted by Gasteiger charge is 2.32. The van der Waals surface area contributed by atoms with Gasteiger partial charge in [0.15, 0.2) is 0 Å². The van der Waals surface area contributed by atoms with Crippen molar-refractivity contribution in [3.8, 4) is 0 Å². The first-order valence-corrected chi connectivity index (χ1v) is 5.82. The van der Waals surface area contributed by atoms with Crippen molar-refractivity contribution < 1.29 is 9.90 Å². The van der Waals surface area contributed by atoms with Crippen molar-refractivity contribution in [2.75, 3.05) is 46.8 Å².